The van der Waals surface area contributed by atoms with Gasteiger partial charge >= 0.3 is 0 Å². The first-order valence-electron chi connectivity index (χ1n) is 2.67. The van der Waals surface area contributed by atoms with E-state index in [9.17, 15) is 0 Å². The van der Waals surface area contributed by atoms with Gasteiger partial charge in [-0.15, -0.1) is 0 Å². The molecule has 0 aromatic heterocycles. The summed E-state index contributed by atoms with van der Waals surface area (Å²) in [5.41, 5.74) is 0. The molecule has 0 aromatic carbocycles. The van der Waals surface area contributed by atoms with Crippen molar-refractivity contribution in [3.05, 3.63) is 12.2 Å². The maximum atomic E-state index is 8.60. The largest absolute Gasteiger partial charge is 0.389 e. The molecule has 48 valence electrons. The lowest BCUT2D eigenvalue weighted by Crippen LogP contribution is -1.97. The monoisotopic (exact) mass is 116 g/mol. The van der Waals surface area contributed by atoms with E-state index in [1.807, 2.05) is 0 Å². The van der Waals surface area contributed by atoms with Crippen LogP contribution in [0.5, 0.6) is 0 Å². The van der Waals surface area contributed by atoms with Gasteiger partial charge in [0.05, 0.1) is 12.2 Å². The van der Waals surface area contributed by atoms with E-state index in [0.29, 0.717) is 0 Å². The molecule has 8 heavy (non-hydrogen) atoms. The van der Waals surface area contributed by atoms with Crippen molar-refractivity contribution in [3.63, 3.8) is 0 Å². The van der Waals surface area contributed by atoms with Crippen molar-refractivity contribution in [1.29, 1.82) is 0 Å². The van der Waals surface area contributed by atoms with Crippen molar-refractivity contribution in [3.8, 4) is 0 Å². The molecule has 2 N–H and O–H groups in total. The van der Waals surface area contributed by atoms with Crippen LogP contribution in [0.2, 0.25) is 0 Å². The lowest BCUT2D eigenvalue weighted by Gasteiger charge is -1.94. The van der Waals surface area contributed by atoms with E-state index in [4.69, 9.17) is 10.2 Å². The first-order valence-corrected chi connectivity index (χ1v) is 2.67. The summed E-state index contributed by atoms with van der Waals surface area (Å²) in [6.07, 6.45) is 2.18. The van der Waals surface area contributed by atoms with Crippen LogP contribution < -0.4 is 0 Å². The molecular weight excluding hydrogens is 104 g/mol. The highest BCUT2D eigenvalue weighted by molar-refractivity contribution is 4.89. The smallest absolute Gasteiger partial charge is 0.0693 e. The number of hydrogen-bond donors (Lipinski definition) is 2. The zero-order valence-electron chi connectivity index (χ0n) is 5.20. The lowest BCUT2D eigenvalue weighted by atomic mass is 10.3. The molecule has 0 aliphatic carbocycles. The molecule has 0 saturated carbocycles. The van der Waals surface area contributed by atoms with Gasteiger partial charge in [-0.1, -0.05) is 12.2 Å². The summed E-state index contributed by atoms with van der Waals surface area (Å²) in [7, 11) is 0. The Hall–Kier alpha value is -0.340. The van der Waals surface area contributed by atoms with Gasteiger partial charge in [-0.3, -0.25) is 0 Å². The van der Waals surface area contributed by atoms with Gasteiger partial charge in [-0.05, 0) is 13.8 Å². The first-order chi connectivity index (χ1) is 3.63. The molecule has 2 heteroatoms. The molecule has 0 saturated heterocycles. The van der Waals surface area contributed by atoms with Crippen LogP contribution in [0.1, 0.15) is 13.8 Å². The fourth-order valence-electron chi connectivity index (χ4n) is 0.322. The summed E-state index contributed by atoms with van der Waals surface area (Å²) in [6.45, 7) is 3.28. The van der Waals surface area contributed by atoms with Gasteiger partial charge in [-0.25, -0.2) is 0 Å². The van der Waals surface area contributed by atoms with E-state index in [1.165, 1.54) is 0 Å². The predicted molar refractivity (Wildman–Crippen MR) is 32.5 cm³/mol. The third-order valence-electron chi connectivity index (χ3n) is 0.668. The third kappa shape index (κ3) is 5.66. The Balaban J connectivity index is 3.34. The quantitative estimate of drug-likeness (QED) is 0.509. The zero-order valence-corrected chi connectivity index (χ0v) is 5.20. The Bertz CT molecular complexity index is 64.6. The van der Waals surface area contributed by atoms with E-state index in [0.717, 1.165) is 0 Å². The number of rotatable bonds is 2. The topological polar surface area (TPSA) is 40.5 Å². The minimum atomic E-state index is -0.454. The SMILES string of the molecule is CC(O)/C=C/[C@@H](C)O. The minimum absolute atomic E-state index is 0.454. The molecule has 0 heterocycles. The second-order valence-corrected chi connectivity index (χ2v) is 1.87. The molecular formula is C6H12O2. The van der Waals surface area contributed by atoms with E-state index in [1.54, 1.807) is 26.0 Å². The predicted octanol–water partition coefficient (Wildman–Crippen LogP) is 0.304. The van der Waals surface area contributed by atoms with Crippen LogP contribution >= 0.6 is 0 Å². The van der Waals surface area contributed by atoms with Gasteiger partial charge in [0.15, 0.2) is 0 Å². The molecule has 2 atom stereocenters. The van der Waals surface area contributed by atoms with E-state index >= 15 is 0 Å². The summed E-state index contributed by atoms with van der Waals surface area (Å²) >= 11 is 0. The van der Waals surface area contributed by atoms with Crippen molar-refractivity contribution in [2.45, 2.75) is 26.1 Å². The molecule has 0 bridgehead atoms. The van der Waals surface area contributed by atoms with E-state index in [2.05, 4.69) is 0 Å². The Kier molecular flexibility index (Phi) is 3.48. The van der Waals surface area contributed by atoms with Crippen molar-refractivity contribution in [1.82, 2.24) is 0 Å². The Morgan fingerprint density at radius 1 is 1.00 bits per heavy atom. The van der Waals surface area contributed by atoms with Crippen LogP contribution in [0.3, 0.4) is 0 Å². The Labute approximate surface area is 49.5 Å². The van der Waals surface area contributed by atoms with Crippen LogP contribution in [-0.2, 0) is 0 Å². The fourth-order valence-corrected chi connectivity index (χ4v) is 0.322. The second kappa shape index (κ2) is 3.64. The summed E-state index contributed by atoms with van der Waals surface area (Å²) in [4.78, 5) is 0. The maximum Gasteiger partial charge on any atom is 0.0693 e. The van der Waals surface area contributed by atoms with Gasteiger partial charge in [-0.2, -0.15) is 0 Å². The Morgan fingerprint density at radius 2 is 1.25 bits per heavy atom. The van der Waals surface area contributed by atoms with Gasteiger partial charge in [0.1, 0.15) is 0 Å². The van der Waals surface area contributed by atoms with Gasteiger partial charge in [0, 0.05) is 0 Å². The molecule has 0 radical (unpaired) electrons. The average Bonchev–Trinajstić information content (AvgIpc) is 1.61. The van der Waals surface area contributed by atoms with E-state index < -0.39 is 12.2 Å². The maximum absolute atomic E-state index is 8.60. The number of aliphatic hydroxyl groups is 2. The molecule has 0 fully saturated rings. The summed E-state index contributed by atoms with van der Waals surface area (Å²) in [6, 6.07) is 0. The Morgan fingerprint density at radius 3 is 1.38 bits per heavy atom. The third-order valence-corrected chi connectivity index (χ3v) is 0.668. The van der Waals surface area contributed by atoms with Crippen LogP contribution in [0.25, 0.3) is 0 Å². The highest BCUT2D eigenvalue weighted by atomic mass is 16.3. The first kappa shape index (κ1) is 7.66. The average molecular weight is 116 g/mol. The molecule has 0 rings (SSSR count). The molecule has 0 spiro atoms. The van der Waals surface area contributed by atoms with Gasteiger partial charge in [0.25, 0.3) is 0 Å². The number of hydrogen-bond acceptors (Lipinski definition) is 2. The summed E-state index contributed by atoms with van der Waals surface area (Å²) in [5, 5.41) is 17.2. The van der Waals surface area contributed by atoms with Crippen molar-refractivity contribution >= 4 is 0 Å². The molecule has 0 amide bonds. The molecule has 1 unspecified atom stereocenters. The molecule has 0 aliphatic heterocycles. The standard InChI is InChI=1S/C6H12O2/c1-5(7)3-4-6(2)8/h3-8H,1-2H3/b4-3+/t5-,6?/m1/s1. The van der Waals surface area contributed by atoms with Gasteiger partial charge in [0.2, 0.25) is 0 Å². The molecule has 2 nitrogen and oxygen atoms in total. The van der Waals surface area contributed by atoms with Gasteiger partial charge < -0.3 is 10.2 Å². The van der Waals surface area contributed by atoms with Crippen molar-refractivity contribution < 1.29 is 10.2 Å². The second-order valence-electron chi connectivity index (χ2n) is 1.87. The molecule has 0 aromatic rings. The van der Waals surface area contributed by atoms with E-state index in [-0.39, 0.29) is 0 Å². The minimum Gasteiger partial charge on any atom is -0.389 e. The fraction of sp³-hybridized carbons (Fsp3) is 0.667. The van der Waals surface area contributed by atoms with Crippen molar-refractivity contribution in [2.24, 2.45) is 0 Å². The highest BCUT2D eigenvalue weighted by Gasteiger charge is 1.87. The number of aliphatic hydroxyl groups excluding tert-OH is 2. The highest BCUT2D eigenvalue weighted by Crippen LogP contribution is 1.86. The molecule has 0 aliphatic rings. The van der Waals surface area contributed by atoms with Crippen LogP contribution in [-0.4, -0.2) is 22.4 Å². The zero-order chi connectivity index (χ0) is 6.57. The lowest BCUT2D eigenvalue weighted by molar-refractivity contribution is 0.228. The summed E-state index contributed by atoms with van der Waals surface area (Å²) < 4.78 is 0. The van der Waals surface area contributed by atoms with Crippen molar-refractivity contribution in [2.75, 3.05) is 0 Å². The van der Waals surface area contributed by atoms with Crippen LogP contribution in [0, 0.1) is 0 Å². The van der Waals surface area contributed by atoms with Crippen LogP contribution in [0.4, 0.5) is 0 Å². The summed E-state index contributed by atoms with van der Waals surface area (Å²) in [5.74, 6) is 0. The van der Waals surface area contributed by atoms with Crippen LogP contribution in [0.15, 0.2) is 12.2 Å². The normalized spacial score (nSPS) is 19.0.